The van der Waals surface area contributed by atoms with Gasteiger partial charge in [0.1, 0.15) is 0 Å². The number of alkyl halides is 3. The third-order valence-electron chi connectivity index (χ3n) is 4.53. The molecule has 24 heavy (non-hydrogen) atoms. The van der Waals surface area contributed by atoms with E-state index in [0.29, 0.717) is 12.8 Å². The molecule has 0 amide bonds. The third kappa shape index (κ3) is 3.71. The molecule has 0 N–H and O–H groups in total. The molecule has 132 valence electrons. The Labute approximate surface area is 140 Å². The monoisotopic (exact) mass is 359 g/mol. The molecule has 2 rings (SSSR count). The van der Waals surface area contributed by atoms with Crippen LogP contribution in [0.5, 0.6) is 0 Å². The SMILES string of the molecule is C=C(C(F)(F)F)C1(C)CCCC/C1=N\S(=O)(=O)c1ccc(C)cc1. The van der Waals surface area contributed by atoms with Gasteiger partial charge in [-0.05, 0) is 38.3 Å². The van der Waals surface area contributed by atoms with Crippen LogP contribution >= 0.6 is 0 Å². The zero-order chi connectivity index (χ0) is 18.2. The first-order chi connectivity index (χ1) is 11.0. The van der Waals surface area contributed by atoms with Crippen molar-refractivity contribution in [3.8, 4) is 0 Å². The van der Waals surface area contributed by atoms with Crippen molar-refractivity contribution in [1.29, 1.82) is 0 Å². The van der Waals surface area contributed by atoms with Gasteiger partial charge < -0.3 is 0 Å². The summed E-state index contributed by atoms with van der Waals surface area (Å²) in [6, 6.07) is 6.07. The van der Waals surface area contributed by atoms with Crippen LogP contribution in [0.2, 0.25) is 0 Å². The number of halogens is 3. The van der Waals surface area contributed by atoms with Crippen molar-refractivity contribution < 1.29 is 21.6 Å². The minimum Gasteiger partial charge on any atom is -0.199 e. The molecule has 1 unspecified atom stereocenters. The molecule has 0 aromatic heterocycles. The van der Waals surface area contributed by atoms with Gasteiger partial charge in [0.2, 0.25) is 0 Å². The molecule has 1 fully saturated rings. The highest BCUT2D eigenvalue weighted by Gasteiger charge is 2.48. The van der Waals surface area contributed by atoms with Gasteiger partial charge in [-0.2, -0.15) is 26.0 Å². The molecule has 1 aliphatic rings. The van der Waals surface area contributed by atoms with Gasteiger partial charge in [0.15, 0.2) is 0 Å². The minimum absolute atomic E-state index is 0.0221. The molecule has 0 radical (unpaired) electrons. The Balaban J connectivity index is 2.48. The van der Waals surface area contributed by atoms with Crippen molar-refractivity contribution in [1.82, 2.24) is 0 Å². The lowest BCUT2D eigenvalue weighted by molar-refractivity contribution is -0.102. The summed E-state index contributed by atoms with van der Waals surface area (Å²) in [5.74, 6) is 0. The fourth-order valence-electron chi connectivity index (χ4n) is 2.88. The summed E-state index contributed by atoms with van der Waals surface area (Å²) < 4.78 is 68.2. The molecular weight excluding hydrogens is 339 g/mol. The van der Waals surface area contributed by atoms with Crippen LogP contribution in [0.15, 0.2) is 45.7 Å². The molecule has 0 bridgehead atoms. The van der Waals surface area contributed by atoms with E-state index in [1.807, 2.05) is 6.92 Å². The molecule has 1 aromatic rings. The highest BCUT2D eigenvalue weighted by molar-refractivity contribution is 7.90. The van der Waals surface area contributed by atoms with Gasteiger partial charge in [0.05, 0.1) is 4.90 Å². The summed E-state index contributed by atoms with van der Waals surface area (Å²) in [5, 5.41) is 0. The van der Waals surface area contributed by atoms with Crippen molar-refractivity contribution >= 4 is 15.7 Å². The number of nitrogens with zero attached hydrogens (tertiary/aromatic N) is 1. The zero-order valence-corrected chi connectivity index (χ0v) is 14.5. The topological polar surface area (TPSA) is 46.5 Å². The van der Waals surface area contributed by atoms with Crippen molar-refractivity contribution in [2.24, 2.45) is 9.81 Å². The van der Waals surface area contributed by atoms with Crippen LogP contribution in [0.3, 0.4) is 0 Å². The van der Waals surface area contributed by atoms with Crippen LogP contribution in [0.4, 0.5) is 13.2 Å². The molecule has 1 saturated carbocycles. The van der Waals surface area contributed by atoms with Crippen molar-refractivity contribution in [2.45, 2.75) is 50.6 Å². The van der Waals surface area contributed by atoms with E-state index in [1.54, 1.807) is 12.1 Å². The first-order valence-corrected chi connectivity index (χ1v) is 9.08. The summed E-state index contributed by atoms with van der Waals surface area (Å²) >= 11 is 0. The van der Waals surface area contributed by atoms with E-state index in [-0.39, 0.29) is 23.4 Å². The largest absolute Gasteiger partial charge is 0.413 e. The van der Waals surface area contributed by atoms with Crippen molar-refractivity contribution in [3.63, 3.8) is 0 Å². The summed E-state index contributed by atoms with van der Waals surface area (Å²) in [6.07, 6.45) is -2.98. The molecule has 0 saturated heterocycles. The Morgan fingerprint density at radius 1 is 1.21 bits per heavy atom. The Kier molecular flexibility index (Phi) is 4.95. The second-order valence-electron chi connectivity index (χ2n) is 6.34. The highest BCUT2D eigenvalue weighted by Crippen LogP contribution is 2.46. The maximum atomic E-state index is 13.1. The zero-order valence-electron chi connectivity index (χ0n) is 13.7. The lowest BCUT2D eigenvalue weighted by atomic mass is 9.69. The lowest BCUT2D eigenvalue weighted by Crippen LogP contribution is -2.38. The highest BCUT2D eigenvalue weighted by atomic mass is 32.2. The van der Waals surface area contributed by atoms with Crippen LogP contribution in [0.25, 0.3) is 0 Å². The quantitative estimate of drug-likeness (QED) is 0.726. The number of aryl methyl sites for hydroxylation is 1. The van der Waals surface area contributed by atoms with Gasteiger partial charge in [0.25, 0.3) is 10.0 Å². The number of hydrogen-bond donors (Lipinski definition) is 0. The van der Waals surface area contributed by atoms with Crippen LogP contribution < -0.4 is 0 Å². The Bertz CT molecular complexity index is 764. The second-order valence-corrected chi connectivity index (χ2v) is 7.95. The van der Waals surface area contributed by atoms with Gasteiger partial charge in [-0.1, -0.05) is 37.6 Å². The molecular formula is C17H20F3NO2S. The maximum Gasteiger partial charge on any atom is 0.413 e. The first-order valence-electron chi connectivity index (χ1n) is 7.64. The normalized spacial score (nSPS) is 24.1. The molecule has 7 heteroatoms. The third-order valence-corrected chi connectivity index (χ3v) is 5.86. The Hall–Kier alpha value is -1.63. The van der Waals surface area contributed by atoms with Crippen LogP contribution in [-0.2, 0) is 10.0 Å². The Morgan fingerprint density at radius 2 is 1.79 bits per heavy atom. The Morgan fingerprint density at radius 3 is 2.33 bits per heavy atom. The van der Waals surface area contributed by atoms with E-state index in [4.69, 9.17) is 0 Å². The number of allylic oxidation sites excluding steroid dienone is 1. The van der Waals surface area contributed by atoms with E-state index < -0.39 is 27.2 Å². The molecule has 1 aliphatic carbocycles. The maximum absolute atomic E-state index is 13.1. The average Bonchev–Trinajstić information content (AvgIpc) is 2.48. The van der Waals surface area contributed by atoms with Gasteiger partial charge >= 0.3 is 6.18 Å². The molecule has 1 aromatic carbocycles. The lowest BCUT2D eigenvalue weighted by Gasteiger charge is -2.37. The first kappa shape index (κ1) is 18.7. The number of benzene rings is 1. The average molecular weight is 359 g/mol. The van der Waals surface area contributed by atoms with Crippen LogP contribution in [0.1, 0.15) is 38.2 Å². The summed E-state index contributed by atoms with van der Waals surface area (Å²) in [6.45, 7) is 6.38. The van der Waals surface area contributed by atoms with Gasteiger partial charge in [-0.15, -0.1) is 0 Å². The van der Waals surface area contributed by atoms with E-state index in [0.717, 1.165) is 5.56 Å². The molecule has 3 nitrogen and oxygen atoms in total. The van der Waals surface area contributed by atoms with Gasteiger partial charge in [-0.3, -0.25) is 0 Å². The predicted octanol–water partition coefficient (Wildman–Crippen LogP) is 4.82. The van der Waals surface area contributed by atoms with E-state index in [2.05, 4.69) is 11.0 Å². The molecule has 0 aliphatic heterocycles. The fraction of sp³-hybridized carbons (Fsp3) is 0.471. The number of rotatable bonds is 3. The number of sulfonamides is 1. The summed E-state index contributed by atoms with van der Waals surface area (Å²) in [5.41, 5.74) is -1.49. The summed E-state index contributed by atoms with van der Waals surface area (Å²) in [4.78, 5) is -0.0221. The molecule has 0 spiro atoms. The molecule has 0 heterocycles. The molecule has 1 atom stereocenters. The smallest absolute Gasteiger partial charge is 0.199 e. The standard InChI is InChI=1S/C17H20F3NO2S/c1-12-7-9-14(10-8-12)24(22,23)21-15-6-4-5-11-16(15,3)13(2)17(18,19)20/h7-10H,2,4-6,11H2,1,3H3/b21-15+. The summed E-state index contributed by atoms with van der Waals surface area (Å²) in [7, 11) is -4.05. The van der Waals surface area contributed by atoms with E-state index in [1.165, 1.54) is 19.1 Å². The fourth-order valence-corrected chi connectivity index (χ4v) is 4.05. The predicted molar refractivity (Wildman–Crippen MR) is 87.6 cm³/mol. The number of hydrogen-bond acceptors (Lipinski definition) is 2. The minimum atomic E-state index is -4.58. The van der Waals surface area contributed by atoms with Gasteiger partial charge in [-0.25, -0.2) is 0 Å². The van der Waals surface area contributed by atoms with E-state index >= 15 is 0 Å². The van der Waals surface area contributed by atoms with Crippen LogP contribution in [-0.4, -0.2) is 20.3 Å². The van der Waals surface area contributed by atoms with Crippen molar-refractivity contribution in [2.75, 3.05) is 0 Å². The second kappa shape index (κ2) is 6.35. The van der Waals surface area contributed by atoms with Gasteiger partial charge in [0, 0.05) is 16.7 Å². The van der Waals surface area contributed by atoms with Crippen LogP contribution in [0, 0.1) is 12.3 Å². The van der Waals surface area contributed by atoms with Crippen molar-refractivity contribution in [3.05, 3.63) is 42.0 Å². The van der Waals surface area contributed by atoms with E-state index in [9.17, 15) is 21.6 Å².